The first kappa shape index (κ1) is 18.3. The fraction of sp³-hybridized carbons (Fsp3) is 0.375. The highest BCUT2D eigenvalue weighted by Crippen LogP contribution is 2.35. The predicted octanol–water partition coefficient (Wildman–Crippen LogP) is 2.60. The van der Waals surface area contributed by atoms with Gasteiger partial charge in [-0.25, -0.2) is 28.1 Å². The largest absolute Gasteiger partial charge is 0.404 e. The van der Waals surface area contributed by atoms with Crippen molar-refractivity contribution in [2.45, 2.75) is 38.3 Å². The molecule has 0 aliphatic carbocycles. The van der Waals surface area contributed by atoms with E-state index in [4.69, 9.17) is 4.43 Å². The molecule has 0 saturated carbocycles. The molecule has 10 heteroatoms. The zero-order valence-electron chi connectivity index (χ0n) is 14.8. The molecule has 0 aliphatic rings. The molecule has 26 heavy (non-hydrogen) atoms. The molecule has 2 heterocycles. The van der Waals surface area contributed by atoms with E-state index in [2.05, 4.69) is 20.2 Å². The number of aromatic nitrogens is 6. The second kappa shape index (κ2) is 7.04. The molecule has 0 bridgehead atoms. The van der Waals surface area contributed by atoms with Crippen molar-refractivity contribution < 1.29 is 13.2 Å². The maximum Gasteiger partial charge on any atom is 0.185 e. The highest BCUT2D eigenvalue weighted by Gasteiger charge is 2.41. The summed E-state index contributed by atoms with van der Waals surface area (Å²) in [5.41, 5.74) is -0.906. The van der Waals surface area contributed by atoms with E-state index in [0.29, 0.717) is 0 Å². The fourth-order valence-corrected chi connectivity index (χ4v) is 4.35. The minimum atomic E-state index is -2.16. The van der Waals surface area contributed by atoms with Crippen LogP contribution < -0.4 is 0 Å². The third kappa shape index (κ3) is 4.19. The Morgan fingerprint density at radius 2 is 1.58 bits per heavy atom. The zero-order chi connectivity index (χ0) is 18.8. The summed E-state index contributed by atoms with van der Waals surface area (Å²) in [5.74, 6) is -1.32. The van der Waals surface area contributed by atoms with Gasteiger partial charge >= 0.3 is 0 Å². The molecule has 0 radical (unpaired) electrons. The topological polar surface area (TPSA) is 70.7 Å². The minimum absolute atomic E-state index is 0.194. The van der Waals surface area contributed by atoms with Crippen molar-refractivity contribution in [3.05, 3.63) is 60.7 Å². The quantitative estimate of drug-likeness (QED) is 0.591. The summed E-state index contributed by atoms with van der Waals surface area (Å²) in [7, 11) is -2.16. The first-order chi connectivity index (χ1) is 12.3. The molecule has 0 aliphatic heterocycles. The Labute approximate surface area is 150 Å². The van der Waals surface area contributed by atoms with Crippen molar-refractivity contribution in [2.24, 2.45) is 0 Å². The maximum absolute atomic E-state index is 14.8. The van der Waals surface area contributed by atoms with Crippen LogP contribution in [0.25, 0.3) is 0 Å². The second-order valence-electron chi connectivity index (χ2n) is 7.02. The molecular formula is C16H20F2N6OSi. The summed E-state index contributed by atoms with van der Waals surface area (Å²) in [6.45, 7) is 6.41. The molecule has 0 spiro atoms. The Bertz CT molecular complexity index is 812. The van der Waals surface area contributed by atoms with Gasteiger partial charge in [-0.2, -0.15) is 10.2 Å². The van der Waals surface area contributed by atoms with Gasteiger partial charge in [-0.3, -0.25) is 0 Å². The van der Waals surface area contributed by atoms with Crippen molar-refractivity contribution >= 4 is 8.32 Å². The summed E-state index contributed by atoms with van der Waals surface area (Å²) < 4.78 is 37.9. The van der Waals surface area contributed by atoms with E-state index in [0.717, 1.165) is 6.07 Å². The van der Waals surface area contributed by atoms with Crippen LogP contribution in [0.2, 0.25) is 19.6 Å². The number of hydrogen-bond acceptors (Lipinski definition) is 5. The summed E-state index contributed by atoms with van der Waals surface area (Å²) in [4.78, 5) is 7.90. The van der Waals surface area contributed by atoms with E-state index in [1.165, 1.54) is 37.4 Å². The van der Waals surface area contributed by atoms with Crippen LogP contribution in [-0.2, 0) is 23.1 Å². The average molecular weight is 378 g/mol. The van der Waals surface area contributed by atoms with Gasteiger partial charge in [0.25, 0.3) is 0 Å². The molecule has 0 N–H and O–H groups in total. The predicted molar refractivity (Wildman–Crippen MR) is 92.5 cm³/mol. The first-order valence-electron chi connectivity index (χ1n) is 8.08. The molecule has 0 fully saturated rings. The Morgan fingerprint density at radius 3 is 2.00 bits per heavy atom. The highest BCUT2D eigenvalue weighted by atomic mass is 28.4. The third-order valence-corrected chi connectivity index (χ3v) is 4.69. The molecule has 7 nitrogen and oxygen atoms in total. The van der Waals surface area contributed by atoms with E-state index >= 15 is 0 Å². The van der Waals surface area contributed by atoms with Gasteiger partial charge < -0.3 is 4.43 Å². The smallest absolute Gasteiger partial charge is 0.185 e. The van der Waals surface area contributed by atoms with Gasteiger partial charge in [-0.15, -0.1) is 0 Å². The van der Waals surface area contributed by atoms with Gasteiger partial charge in [-0.1, -0.05) is 6.07 Å². The minimum Gasteiger partial charge on any atom is -0.404 e. The fourth-order valence-electron chi connectivity index (χ4n) is 2.94. The lowest BCUT2D eigenvalue weighted by molar-refractivity contribution is 0.0104. The molecule has 0 amide bonds. The van der Waals surface area contributed by atoms with Crippen LogP contribution in [0.1, 0.15) is 5.56 Å². The number of nitrogens with zero attached hydrogens (tertiary/aromatic N) is 6. The molecular weight excluding hydrogens is 358 g/mol. The second-order valence-corrected chi connectivity index (χ2v) is 11.4. The van der Waals surface area contributed by atoms with Crippen LogP contribution in [-0.4, -0.2) is 37.8 Å². The molecule has 138 valence electrons. The first-order valence-corrected chi connectivity index (χ1v) is 11.5. The monoisotopic (exact) mass is 378 g/mol. The Morgan fingerprint density at radius 1 is 1.00 bits per heavy atom. The van der Waals surface area contributed by atoms with Gasteiger partial charge in [0, 0.05) is 11.6 Å². The summed E-state index contributed by atoms with van der Waals surface area (Å²) in [6.07, 6.45) is 5.86. The van der Waals surface area contributed by atoms with Crippen molar-refractivity contribution in [2.75, 3.05) is 0 Å². The number of rotatable bonds is 7. The van der Waals surface area contributed by atoms with Crippen LogP contribution in [0.4, 0.5) is 8.78 Å². The number of halogens is 2. The van der Waals surface area contributed by atoms with E-state index in [1.54, 1.807) is 9.36 Å². The molecule has 0 saturated heterocycles. The van der Waals surface area contributed by atoms with Crippen LogP contribution in [0, 0.1) is 11.6 Å². The van der Waals surface area contributed by atoms with Gasteiger partial charge in [-0.05, 0) is 25.7 Å². The SMILES string of the molecule is C[Si](C)(C)OC(Cn1cncn1)(Cn1cncn1)c1ccc(F)cc1F. The third-order valence-electron chi connectivity index (χ3n) is 3.69. The van der Waals surface area contributed by atoms with Crippen LogP contribution in [0.5, 0.6) is 0 Å². The van der Waals surface area contributed by atoms with Gasteiger partial charge in [0.1, 0.15) is 42.5 Å². The van der Waals surface area contributed by atoms with E-state index in [-0.39, 0.29) is 18.7 Å². The number of hydrogen-bond donors (Lipinski definition) is 0. The lowest BCUT2D eigenvalue weighted by Gasteiger charge is -2.39. The Kier molecular flexibility index (Phi) is 4.96. The van der Waals surface area contributed by atoms with E-state index in [1.807, 2.05) is 19.6 Å². The van der Waals surface area contributed by atoms with Crippen LogP contribution in [0.15, 0.2) is 43.5 Å². The van der Waals surface area contributed by atoms with Gasteiger partial charge in [0.2, 0.25) is 0 Å². The van der Waals surface area contributed by atoms with Crippen molar-refractivity contribution in [1.29, 1.82) is 0 Å². The van der Waals surface area contributed by atoms with Crippen molar-refractivity contribution in [1.82, 2.24) is 29.5 Å². The normalized spacial score (nSPS) is 12.5. The van der Waals surface area contributed by atoms with Crippen molar-refractivity contribution in [3.8, 4) is 0 Å². The summed E-state index contributed by atoms with van der Waals surface area (Å²) >= 11 is 0. The average Bonchev–Trinajstić information content (AvgIpc) is 3.19. The molecule has 2 aromatic heterocycles. The lowest BCUT2D eigenvalue weighted by Crippen LogP contribution is -2.47. The summed E-state index contributed by atoms with van der Waals surface area (Å²) in [5, 5.41) is 8.26. The molecule has 3 aromatic rings. The van der Waals surface area contributed by atoms with Gasteiger partial charge in [0.15, 0.2) is 8.32 Å². The Hall–Kier alpha value is -2.46. The maximum atomic E-state index is 14.8. The highest BCUT2D eigenvalue weighted by molar-refractivity contribution is 6.69. The molecule has 3 rings (SSSR count). The standard InChI is InChI=1S/C16H20F2N6OSi/c1-26(2,3)25-16(7-23-11-19-9-21-23,8-24-12-20-10-22-24)14-5-4-13(17)6-15(14)18/h4-6,9-12H,7-8H2,1-3H3. The van der Waals surface area contributed by atoms with E-state index < -0.39 is 25.6 Å². The molecule has 1 aromatic carbocycles. The summed E-state index contributed by atoms with van der Waals surface area (Å²) in [6, 6.07) is 3.50. The van der Waals surface area contributed by atoms with Crippen LogP contribution in [0.3, 0.4) is 0 Å². The van der Waals surface area contributed by atoms with Gasteiger partial charge in [0.05, 0.1) is 13.1 Å². The zero-order valence-corrected chi connectivity index (χ0v) is 15.8. The van der Waals surface area contributed by atoms with E-state index in [9.17, 15) is 8.78 Å². The lowest BCUT2D eigenvalue weighted by atomic mass is 9.93. The van der Waals surface area contributed by atoms with Crippen molar-refractivity contribution in [3.63, 3.8) is 0 Å². The number of benzene rings is 1. The molecule has 0 atom stereocenters. The Balaban J connectivity index is 2.14. The molecule has 0 unspecified atom stereocenters. The van der Waals surface area contributed by atoms with Crippen LogP contribution >= 0.6 is 0 Å².